The fourth-order valence-corrected chi connectivity index (χ4v) is 3.93. The van der Waals surface area contributed by atoms with Crippen LogP contribution in [0.1, 0.15) is 32.3 Å². The summed E-state index contributed by atoms with van der Waals surface area (Å²) in [7, 11) is -1.87. The number of para-hydroxylation sites is 1. The Morgan fingerprint density at radius 1 is 1.19 bits per heavy atom. The monoisotopic (exact) mass is 377 g/mol. The first-order valence-electron chi connectivity index (χ1n) is 8.80. The molecule has 0 aliphatic rings. The summed E-state index contributed by atoms with van der Waals surface area (Å²) in [6.07, 6.45) is 3.89. The molecule has 0 radical (unpaired) electrons. The van der Waals surface area contributed by atoms with Gasteiger partial charge in [-0.1, -0.05) is 31.5 Å². The van der Waals surface area contributed by atoms with Crippen molar-refractivity contribution >= 4 is 15.8 Å². The molecule has 2 rings (SSSR count). The van der Waals surface area contributed by atoms with Crippen LogP contribution in [-0.2, 0) is 16.4 Å². The number of aromatic nitrogens is 1. The molecule has 0 bridgehead atoms. The zero-order valence-corrected chi connectivity index (χ0v) is 16.3. The maximum Gasteiger partial charge on any atom is 0.242 e. The second kappa shape index (κ2) is 9.54. The maximum absolute atomic E-state index is 12.3. The van der Waals surface area contributed by atoms with Crippen molar-refractivity contribution in [3.05, 3.63) is 48.2 Å². The first kappa shape index (κ1) is 20.2. The number of methoxy groups -OCH3 is 1. The number of benzene rings is 1. The molecule has 26 heavy (non-hydrogen) atoms. The molecule has 1 aromatic carbocycles. The molecule has 7 heteroatoms. The molecule has 0 aliphatic carbocycles. The third-order valence-corrected chi connectivity index (χ3v) is 5.59. The second-order valence-electron chi connectivity index (χ2n) is 6.18. The van der Waals surface area contributed by atoms with Crippen LogP contribution in [-0.4, -0.2) is 33.1 Å². The van der Waals surface area contributed by atoms with E-state index < -0.39 is 10.0 Å². The summed E-state index contributed by atoms with van der Waals surface area (Å²) in [5.74, 6) is 1.50. The van der Waals surface area contributed by atoms with Gasteiger partial charge in [0.15, 0.2) is 0 Å². The van der Waals surface area contributed by atoms with Crippen molar-refractivity contribution in [3.63, 3.8) is 0 Å². The van der Waals surface area contributed by atoms with E-state index >= 15 is 0 Å². The summed E-state index contributed by atoms with van der Waals surface area (Å²) < 4.78 is 32.6. The van der Waals surface area contributed by atoms with Gasteiger partial charge in [-0.2, -0.15) is 0 Å². The standard InChI is InChI=1S/C19H27N3O3S/c1-4-7-15(2)22-26(23,24)17-10-11-19(21-14-17)20-13-12-16-8-5-6-9-18(16)25-3/h5-6,8-11,14-15,22H,4,7,12-13H2,1-3H3,(H,20,21). The van der Waals surface area contributed by atoms with Gasteiger partial charge < -0.3 is 10.1 Å². The third-order valence-electron chi connectivity index (χ3n) is 4.02. The maximum atomic E-state index is 12.3. The van der Waals surface area contributed by atoms with Gasteiger partial charge in [0, 0.05) is 18.8 Å². The highest BCUT2D eigenvalue weighted by Crippen LogP contribution is 2.18. The number of hydrogen-bond acceptors (Lipinski definition) is 5. The Hall–Kier alpha value is -2.12. The molecule has 0 saturated carbocycles. The van der Waals surface area contributed by atoms with Gasteiger partial charge in [0.25, 0.3) is 0 Å². The molecule has 0 fully saturated rings. The molecule has 0 aliphatic heterocycles. The fourth-order valence-electron chi connectivity index (χ4n) is 2.70. The smallest absolute Gasteiger partial charge is 0.242 e. The number of anilines is 1. The van der Waals surface area contributed by atoms with Gasteiger partial charge in [0.1, 0.15) is 16.5 Å². The molecule has 142 valence electrons. The highest BCUT2D eigenvalue weighted by atomic mass is 32.2. The number of hydrogen-bond donors (Lipinski definition) is 2. The molecule has 6 nitrogen and oxygen atoms in total. The Balaban J connectivity index is 1.93. The van der Waals surface area contributed by atoms with Crippen molar-refractivity contribution in [1.82, 2.24) is 9.71 Å². The van der Waals surface area contributed by atoms with E-state index in [1.807, 2.05) is 38.1 Å². The normalized spacial score (nSPS) is 12.6. The number of nitrogens with one attached hydrogen (secondary N) is 2. The first-order chi connectivity index (χ1) is 12.5. The number of sulfonamides is 1. The molecule has 0 amide bonds. The van der Waals surface area contributed by atoms with Gasteiger partial charge in [-0.3, -0.25) is 0 Å². The van der Waals surface area contributed by atoms with Gasteiger partial charge in [0.2, 0.25) is 10.0 Å². The Labute approximate surface area is 156 Å². The van der Waals surface area contributed by atoms with Crippen LogP contribution in [0.2, 0.25) is 0 Å². The summed E-state index contributed by atoms with van der Waals surface area (Å²) in [5.41, 5.74) is 1.11. The van der Waals surface area contributed by atoms with E-state index in [4.69, 9.17) is 4.74 Å². The minimum atomic E-state index is -3.53. The number of rotatable bonds is 10. The quantitative estimate of drug-likeness (QED) is 0.664. The lowest BCUT2D eigenvalue weighted by Gasteiger charge is -2.13. The average Bonchev–Trinajstić information content (AvgIpc) is 2.62. The molecule has 2 N–H and O–H groups in total. The van der Waals surface area contributed by atoms with E-state index in [2.05, 4.69) is 15.0 Å². The first-order valence-corrected chi connectivity index (χ1v) is 10.3. The molecule has 0 saturated heterocycles. The number of pyridine rings is 1. The van der Waals surface area contributed by atoms with Gasteiger partial charge in [-0.25, -0.2) is 18.1 Å². The van der Waals surface area contributed by atoms with Crippen molar-refractivity contribution in [2.24, 2.45) is 0 Å². The second-order valence-corrected chi connectivity index (χ2v) is 7.89. The minimum absolute atomic E-state index is 0.0938. The summed E-state index contributed by atoms with van der Waals surface area (Å²) in [6.45, 7) is 4.56. The summed E-state index contributed by atoms with van der Waals surface area (Å²) in [4.78, 5) is 4.39. The molecule has 1 heterocycles. The van der Waals surface area contributed by atoms with Crippen LogP contribution >= 0.6 is 0 Å². The Morgan fingerprint density at radius 2 is 1.96 bits per heavy atom. The molecular formula is C19H27N3O3S. The highest BCUT2D eigenvalue weighted by molar-refractivity contribution is 7.89. The van der Waals surface area contributed by atoms with E-state index in [1.54, 1.807) is 19.2 Å². The van der Waals surface area contributed by atoms with E-state index in [0.29, 0.717) is 12.4 Å². The third kappa shape index (κ3) is 5.71. The van der Waals surface area contributed by atoms with Crippen LogP contribution in [0.25, 0.3) is 0 Å². The van der Waals surface area contributed by atoms with Crippen molar-refractivity contribution in [1.29, 1.82) is 0 Å². The predicted octanol–water partition coefficient (Wildman–Crippen LogP) is 3.21. The van der Waals surface area contributed by atoms with E-state index in [0.717, 1.165) is 30.6 Å². The van der Waals surface area contributed by atoms with Crippen LogP contribution in [0.5, 0.6) is 5.75 Å². The lowest BCUT2D eigenvalue weighted by atomic mass is 10.1. The number of nitrogens with zero attached hydrogens (tertiary/aromatic N) is 1. The van der Waals surface area contributed by atoms with Crippen molar-refractivity contribution in [3.8, 4) is 5.75 Å². The minimum Gasteiger partial charge on any atom is -0.496 e. The lowest BCUT2D eigenvalue weighted by molar-refractivity contribution is 0.410. The Kier molecular flexibility index (Phi) is 7.41. The van der Waals surface area contributed by atoms with Crippen molar-refractivity contribution < 1.29 is 13.2 Å². The molecule has 1 aromatic heterocycles. The zero-order chi connectivity index (χ0) is 19.0. The predicted molar refractivity (Wildman–Crippen MR) is 104 cm³/mol. The van der Waals surface area contributed by atoms with E-state index in [1.165, 1.54) is 6.20 Å². The van der Waals surface area contributed by atoms with E-state index in [9.17, 15) is 8.42 Å². The van der Waals surface area contributed by atoms with Gasteiger partial charge >= 0.3 is 0 Å². The highest BCUT2D eigenvalue weighted by Gasteiger charge is 2.17. The van der Waals surface area contributed by atoms with Crippen LogP contribution in [0, 0.1) is 0 Å². The van der Waals surface area contributed by atoms with Gasteiger partial charge in [-0.15, -0.1) is 0 Å². The molecule has 0 spiro atoms. The Bertz CT molecular complexity index is 792. The van der Waals surface area contributed by atoms with E-state index in [-0.39, 0.29) is 10.9 Å². The molecule has 1 unspecified atom stereocenters. The summed E-state index contributed by atoms with van der Waals surface area (Å²) in [5, 5.41) is 3.20. The van der Waals surface area contributed by atoms with Crippen molar-refractivity contribution in [2.45, 2.75) is 44.0 Å². The largest absolute Gasteiger partial charge is 0.496 e. The van der Waals surface area contributed by atoms with Crippen LogP contribution < -0.4 is 14.8 Å². The topological polar surface area (TPSA) is 80.3 Å². The van der Waals surface area contributed by atoms with Gasteiger partial charge in [-0.05, 0) is 43.5 Å². The van der Waals surface area contributed by atoms with Crippen LogP contribution in [0.3, 0.4) is 0 Å². The van der Waals surface area contributed by atoms with Gasteiger partial charge in [0.05, 0.1) is 7.11 Å². The number of ether oxygens (including phenoxy) is 1. The van der Waals surface area contributed by atoms with Crippen LogP contribution in [0.15, 0.2) is 47.5 Å². The lowest BCUT2D eigenvalue weighted by Crippen LogP contribution is -2.32. The SMILES string of the molecule is CCCC(C)NS(=O)(=O)c1ccc(NCCc2ccccc2OC)nc1. The summed E-state index contributed by atoms with van der Waals surface area (Å²) >= 11 is 0. The molecular weight excluding hydrogens is 350 g/mol. The Morgan fingerprint density at radius 3 is 2.62 bits per heavy atom. The molecule has 1 atom stereocenters. The summed E-state index contributed by atoms with van der Waals surface area (Å²) in [6, 6.07) is 11.0. The average molecular weight is 378 g/mol. The fraction of sp³-hybridized carbons (Fsp3) is 0.421. The molecule has 2 aromatic rings. The van der Waals surface area contributed by atoms with Crippen molar-refractivity contribution in [2.75, 3.05) is 19.0 Å². The zero-order valence-electron chi connectivity index (χ0n) is 15.5. The van der Waals surface area contributed by atoms with Crippen LogP contribution in [0.4, 0.5) is 5.82 Å².